The molecule has 1 aliphatic heterocycles. The van der Waals surface area contributed by atoms with Gasteiger partial charge in [-0.1, -0.05) is 0 Å². The zero-order valence-electron chi connectivity index (χ0n) is 8.38. The Balaban J connectivity index is 2.29. The Bertz CT molecular complexity index is 230. The summed E-state index contributed by atoms with van der Waals surface area (Å²) in [6, 6.07) is -0.219. The molecule has 1 fully saturated rings. The normalized spacial score (nSPS) is 23.0. The van der Waals surface area contributed by atoms with E-state index in [1.807, 2.05) is 0 Å². The summed E-state index contributed by atoms with van der Waals surface area (Å²) < 4.78 is 0. The SMILES string of the molecule is CNC(=O)C[C@@H](N)C[C@@H]1CCNC1=O. The quantitative estimate of drug-likeness (QED) is 0.541. The van der Waals surface area contributed by atoms with Gasteiger partial charge in [0, 0.05) is 32.0 Å². The molecule has 5 nitrogen and oxygen atoms in total. The van der Waals surface area contributed by atoms with Gasteiger partial charge < -0.3 is 16.4 Å². The minimum Gasteiger partial charge on any atom is -0.359 e. The summed E-state index contributed by atoms with van der Waals surface area (Å²) in [5.74, 6) is -0.0112. The average molecular weight is 199 g/mol. The van der Waals surface area contributed by atoms with Crippen molar-refractivity contribution >= 4 is 11.8 Å². The first-order valence-electron chi connectivity index (χ1n) is 4.87. The van der Waals surface area contributed by atoms with E-state index in [1.165, 1.54) is 0 Å². The van der Waals surface area contributed by atoms with Crippen molar-refractivity contribution in [1.29, 1.82) is 0 Å². The van der Waals surface area contributed by atoms with E-state index in [0.717, 1.165) is 13.0 Å². The van der Waals surface area contributed by atoms with E-state index in [2.05, 4.69) is 10.6 Å². The summed E-state index contributed by atoms with van der Waals surface area (Å²) in [5, 5.41) is 5.26. The van der Waals surface area contributed by atoms with Crippen molar-refractivity contribution in [2.24, 2.45) is 11.7 Å². The third-order valence-electron chi connectivity index (χ3n) is 2.48. The fourth-order valence-corrected chi connectivity index (χ4v) is 1.66. The van der Waals surface area contributed by atoms with Crippen LogP contribution in [0.1, 0.15) is 19.3 Å². The van der Waals surface area contributed by atoms with Crippen molar-refractivity contribution in [3.05, 3.63) is 0 Å². The number of nitrogens with two attached hydrogens (primary N) is 1. The summed E-state index contributed by atoms with van der Waals surface area (Å²) in [6.45, 7) is 0.732. The zero-order valence-corrected chi connectivity index (χ0v) is 8.38. The topological polar surface area (TPSA) is 84.2 Å². The molecule has 0 spiro atoms. The van der Waals surface area contributed by atoms with Crippen LogP contribution in [0.25, 0.3) is 0 Å². The van der Waals surface area contributed by atoms with E-state index < -0.39 is 0 Å². The minimum atomic E-state index is -0.219. The fourth-order valence-electron chi connectivity index (χ4n) is 1.66. The predicted octanol–water partition coefficient (Wildman–Crippen LogP) is -1.02. The van der Waals surface area contributed by atoms with Crippen molar-refractivity contribution in [2.75, 3.05) is 13.6 Å². The van der Waals surface area contributed by atoms with Crippen LogP contribution in [0.15, 0.2) is 0 Å². The van der Waals surface area contributed by atoms with Crippen molar-refractivity contribution in [3.8, 4) is 0 Å². The number of nitrogens with one attached hydrogen (secondary N) is 2. The van der Waals surface area contributed by atoms with Crippen LogP contribution in [0.2, 0.25) is 0 Å². The summed E-state index contributed by atoms with van der Waals surface area (Å²) in [5.41, 5.74) is 5.75. The maximum Gasteiger partial charge on any atom is 0.223 e. The summed E-state index contributed by atoms with van der Waals surface area (Å²) in [6.07, 6.45) is 1.72. The van der Waals surface area contributed by atoms with E-state index in [1.54, 1.807) is 7.05 Å². The Labute approximate surface area is 83.4 Å². The molecule has 2 atom stereocenters. The van der Waals surface area contributed by atoms with Crippen LogP contribution in [0.5, 0.6) is 0 Å². The highest BCUT2D eigenvalue weighted by molar-refractivity contribution is 5.81. The number of hydrogen-bond donors (Lipinski definition) is 3. The summed E-state index contributed by atoms with van der Waals surface area (Å²) >= 11 is 0. The molecule has 1 aliphatic rings. The van der Waals surface area contributed by atoms with Crippen LogP contribution >= 0.6 is 0 Å². The van der Waals surface area contributed by atoms with Gasteiger partial charge in [-0.3, -0.25) is 9.59 Å². The number of carbonyl (C=O) groups excluding carboxylic acids is 2. The molecule has 1 saturated heterocycles. The molecule has 4 N–H and O–H groups in total. The molecule has 0 aromatic heterocycles. The molecule has 0 saturated carbocycles. The Morgan fingerprint density at radius 3 is 3.00 bits per heavy atom. The lowest BCUT2D eigenvalue weighted by Gasteiger charge is -2.13. The van der Waals surface area contributed by atoms with Crippen LogP contribution in [0.4, 0.5) is 0 Å². The van der Waals surface area contributed by atoms with Crippen LogP contribution in [-0.4, -0.2) is 31.4 Å². The van der Waals surface area contributed by atoms with Gasteiger partial charge in [-0.15, -0.1) is 0 Å². The highest BCUT2D eigenvalue weighted by Crippen LogP contribution is 2.16. The molecule has 0 aromatic rings. The van der Waals surface area contributed by atoms with Crippen molar-refractivity contribution < 1.29 is 9.59 Å². The van der Waals surface area contributed by atoms with Gasteiger partial charge in [-0.2, -0.15) is 0 Å². The molecule has 0 unspecified atom stereocenters. The molecule has 1 rings (SSSR count). The summed E-state index contributed by atoms with van der Waals surface area (Å²) in [7, 11) is 1.58. The van der Waals surface area contributed by atoms with Gasteiger partial charge in [-0.05, 0) is 12.8 Å². The number of carbonyl (C=O) groups is 2. The second kappa shape index (κ2) is 4.95. The standard InChI is InChI=1S/C9H17N3O2/c1-11-8(13)5-7(10)4-6-2-3-12-9(6)14/h6-7H,2-5,10H2,1H3,(H,11,13)(H,12,14)/t6-,7-/m0/s1. The molecule has 0 bridgehead atoms. The van der Waals surface area contributed by atoms with Gasteiger partial charge in [-0.25, -0.2) is 0 Å². The van der Waals surface area contributed by atoms with Crippen LogP contribution in [0.3, 0.4) is 0 Å². The minimum absolute atomic E-state index is 0.00495. The maximum atomic E-state index is 11.2. The van der Waals surface area contributed by atoms with E-state index in [0.29, 0.717) is 12.8 Å². The molecule has 0 aliphatic carbocycles. The van der Waals surface area contributed by atoms with Gasteiger partial charge in [0.2, 0.25) is 11.8 Å². The molecule has 1 heterocycles. The summed E-state index contributed by atoms with van der Waals surface area (Å²) in [4.78, 5) is 22.2. The maximum absolute atomic E-state index is 11.2. The zero-order chi connectivity index (χ0) is 10.6. The first-order valence-corrected chi connectivity index (χ1v) is 4.87. The fraction of sp³-hybridized carbons (Fsp3) is 0.778. The van der Waals surface area contributed by atoms with Crippen LogP contribution in [0, 0.1) is 5.92 Å². The van der Waals surface area contributed by atoms with Crippen molar-refractivity contribution in [2.45, 2.75) is 25.3 Å². The van der Waals surface area contributed by atoms with Gasteiger partial charge >= 0.3 is 0 Å². The Morgan fingerprint density at radius 1 is 1.79 bits per heavy atom. The molecular formula is C9H17N3O2. The predicted molar refractivity (Wildman–Crippen MR) is 52.4 cm³/mol. The van der Waals surface area contributed by atoms with E-state index in [4.69, 9.17) is 5.73 Å². The van der Waals surface area contributed by atoms with Crippen molar-refractivity contribution in [3.63, 3.8) is 0 Å². The highest BCUT2D eigenvalue weighted by Gasteiger charge is 2.26. The largest absolute Gasteiger partial charge is 0.359 e. The average Bonchev–Trinajstić information content (AvgIpc) is 2.51. The molecule has 2 amide bonds. The van der Waals surface area contributed by atoms with Gasteiger partial charge in [0.25, 0.3) is 0 Å². The van der Waals surface area contributed by atoms with Crippen LogP contribution in [-0.2, 0) is 9.59 Å². The molecule has 0 aromatic carbocycles. The van der Waals surface area contributed by atoms with Crippen LogP contribution < -0.4 is 16.4 Å². The molecule has 80 valence electrons. The Morgan fingerprint density at radius 2 is 2.50 bits per heavy atom. The van der Waals surface area contributed by atoms with Crippen molar-refractivity contribution in [1.82, 2.24) is 10.6 Å². The van der Waals surface area contributed by atoms with Gasteiger partial charge in [0.15, 0.2) is 0 Å². The monoisotopic (exact) mass is 199 g/mol. The molecular weight excluding hydrogens is 182 g/mol. The smallest absolute Gasteiger partial charge is 0.223 e. The van der Waals surface area contributed by atoms with Gasteiger partial charge in [0.05, 0.1) is 0 Å². The van der Waals surface area contributed by atoms with E-state index in [9.17, 15) is 9.59 Å². The highest BCUT2D eigenvalue weighted by atomic mass is 16.2. The number of amides is 2. The second-order valence-corrected chi connectivity index (χ2v) is 3.65. The van der Waals surface area contributed by atoms with Gasteiger partial charge in [0.1, 0.15) is 0 Å². The second-order valence-electron chi connectivity index (χ2n) is 3.65. The van der Waals surface area contributed by atoms with E-state index in [-0.39, 0.29) is 23.8 Å². The Hall–Kier alpha value is -1.10. The lowest BCUT2D eigenvalue weighted by atomic mass is 9.97. The third kappa shape index (κ3) is 2.99. The molecule has 0 radical (unpaired) electrons. The third-order valence-corrected chi connectivity index (χ3v) is 2.48. The first kappa shape index (κ1) is 11.0. The number of hydrogen-bond acceptors (Lipinski definition) is 3. The van der Waals surface area contributed by atoms with E-state index >= 15 is 0 Å². The molecule has 5 heteroatoms. The first-order chi connectivity index (χ1) is 6.63. The Kier molecular flexibility index (Phi) is 3.88. The lowest BCUT2D eigenvalue weighted by molar-refractivity contribution is -0.124. The molecule has 14 heavy (non-hydrogen) atoms. The lowest BCUT2D eigenvalue weighted by Crippen LogP contribution is -2.33. The number of rotatable bonds is 4.